The lowest BCUT2D eigenvalue weighted by Crippen LogP contribution is -2.62. The van der Waals surface area contributed by atoms with Crippen molar-refractivity contribution in [2.45, 2.75) is 6.04 Å². The molecule has 2 saturated heterocycles. The van der Waals surface area contributed by atoms with E-state index in [0.29, 0.717) is 58.3 Å². The van der Waals surface area contributed by atoms with Crippen molar-refractivity contribution in [2.24, 2.45) is 0 Å². The van der Waals surface area contributed by atoms with Crippen LogP contribution in [0.4, 0.5) is 4.39 Å². The Labute approximate surface area is 164 Å². The predicted molar refractivity (Wildman–Crippen MR) is 101 cm³/mol. The lowest BCUT2D eigenvalue weighted by atomic mass is 10.1. The second-order valence-corrected chi connectivity index (χ2v) is 8.87. The number of piperazine rings is 1. The number of hydrogen-bond donors (Lipinski definition) is 0. The summed E-state index contributed by atoms with van der Waals surface area (Å²) in [6.07, 6.45) is 1.14. The highest BCUT2D eigenvalue weighted by molar-refractivity contribution is 7.88. The molecule has 1 amide bonds. The van der Waals surface area contributed by atoms with Crippen LogP contribution < -0.4 is 4.74 Å². The normalized spacial score (nSPS) is 22.2. The summed E-state index contributed by atoms with van der Waals surface area (Å²) in [4.78, 5) is 16.6. The van der Waals surface area contributed by atoms with Crippen LogP contribution in [0.2, 0.25) is 0 Å². The SMILES string of the molecule is CS(=O)(=O)N1CCN(CCOc2ccc(F)cc2)CC1C(=O)N1CCOCC1. The predicted octanol–water partition coefficient (Wildman–Crippen LogP) is 0.00910. The Morgan fingerprint density at radius 2 is 1.86 bits per heavy atom. The number of nitrogens with zero attached hydrogens (tertiary/aromatic N) is 3. The fraction of sp³-hybridized carbons (Fsp3) is 0.611. The number of benzene rings is 1. The minimum atomic E-state index is -3.49. The van der Waals surface area contributed by atoms with Crippen molar-refractivity contribution in [1.29, 1.82) is 0 Å². The molecule has 1 atom stereocenters. The van der Waals surface area contributed by atoms with E-state index in [0.717, 1.165) is 6.26 Å². The second-order valence-electron chi connectivity index (χ2n) is 6.93. The fourth-order valence-electron chi connectivity index (χ4n) is 3.44. The lowest BCUT2D eigenvalue weighted by molar-refractivity contribution is -0.141. The van der Waals surface area contributed by atoms with Crippen molar-refractivity contribution >= 4 is 15.9 Å². The van der Waals surface area contributed by atoms with Gasteiger partial charge in [-0.3, -0.25) is 9.69 Å². The van der Waals surface area contributed by atoms with Gasteiger partial charge < -0.3 is 14.4 Å². The molecular weight excluding hydrogens is 389 g/mol. The van der Waals surface area contributed by atoms with Crippen LogP contribution in [-0.2, 0) is 19.6 Å². The maximum absolute atomic E-state index is 13.0. The number of halogens is 1. The van der Waals surface area contributed by atoms with E-state index >= 15 is 0 Å². The van der Waals surface area contributed by atoms with Gasteiger partial charge in [-0.25, -0.2) is 12.8 Å². The number of hydrogen-bond acceptors (Lipinski definition) is 6. The molecule has 28 heavy (non-hydrogen) atoms. The Morgan fingerprint density at radius 3 is 2.50 bits per heavy atom. The molecule has 0 aromatic heterocycles. The number of carbonyl (C=O) groups is 1. The molecule has 156 valence electrons. The fourth-order valence-corrected chi connectivity index (χ4v) is 4.47. The largest absolute Gasteiger partial charge is 0.492 e. The van der Waals surface area contributed by atoms with Crippen LogP contribution in [0.3, 0.4) is 0 Å². The van der Waals surface area contributed by atoms with E-state index < -0.39 is 16.1 Å². The van der Waals surface area contributed by atoms with Gasteiger partial charge in [0.2, 0.25) is 15.9 Å². The van der Waals surface area contributed by atoms with E-state index in [-0.39, 0.29) is 18.3 Å². The number of ether oxygens (including phenoxy) is 2. The molecule has 2 heterocycles. The zero-order valence-electron chi connectivity index (χ0n) is 15.9. The van der Waals surface area contributed by atoms with E-state index in [4.69, 9.17) is 9.47 Å². The first-order valence-electron chi connectivity index (χ1n) is 9.28. The minimum Gasteiger partial charge on any atom is -0.492 e. The highest BCUT2D eigenvalue weighted by atomic mass is 32.2. The lowest BCUT2D eigenvalue weighted by Gasteiger charge is -2.41. The monoisotopic (exact) mass is 415 g/mol. The van der Waals surface area contributed by atoms with Crippen molar-refractivity contribution in [3.8, 4) is 5.75 Å². The third-order valence-electron chi connectivity index (χ3n) is 4.94. The number of amides is 1. The molecule has 0 saturated carbocycles. The number of carbonyl (C=O) groups excluding carboxylic acids is 1. The maximum atomic E-state index is 13.0. The van der Waals surface area contributed by atoms with Crippen LogP contribution in [0.1, 0.15) is 0 Å². The van der Waals surface area contributed by atoms with Crippen molar-refractivity contribution in [2.75, 3.05) is 65.3 Å². The van der Waals surface area contributed by atoms with E-state index in [1.54, 1.807) is 17.0 Å². The molecule has 0 radical (unpaired) electrons. The third-order valence-corrected chi connectivity index (χ3v) is 6.23. The Hall–Kier alpha value is -1.75. The van der Waals surface area contributed by atoms with Crippen molar-refractivity contribution < 1.29 is 27.1 Å². The molecule has 1 unspecified atom stereocenters. The zero-order valence-corrected chi connectivity index (χ0v) is 16.7. The van der Waals surface area contributed by atoms with Gasteiger partial charge >= 0.3 is 0 Å². The molecule has 1 aromatic rings. The van der Waals surface area contributed by atoms with Crippen LogP contribution in [0.5, 0.6) is 5.75 Å². The Morgan fingerprint density at radius 1 is 1.18 bits per heavy atom. The Kier molecular flexibility index (Phi) is 6.86. The first-order chi connectivity index (χ1) is 13.3. The van der Waals surface area contributed by atoms with Gasteiger partial charge in [0.25, 0.3) is 0 Å². The minimum absolute atomic E-state index is 0.183. The Bertz CT molecular complexity index is 768. The summed E-state index contributed by atoms with van der Waals surface area (Å²) in [5.41, 5.74) is 0. The van der Waals surface area contributed by atoms with E-state index in [2.05, 4.69) is 0 Å². The van der Waals surface area contributed by atoms with Crippen LogP contribution in [0.15, 0.2) is 24.3 Å². The quantitative estimate of drug-likeness (QED) is 0.651. The number of morpholine rings is 1. The van der Waals surface area contributed by atoms with Gasteiger partial charge in [-0.1, -0.05) is 0 Å². The van der Waals surface area contributed by atoms with Gasteiger partial charge in [-0.05, 0) is 24.3 Å². The van der Waals surface area contributed by atoms with Crippen LogP contribution in [0, 0.1) is 5.82 Å². The second kappa shape index (κ2) is 9.17. The van der Waals surface area contributed by atoms with E-state index in [1.807, 2.05) is 4.90 Å². The summed E-state index contributed by atoms with van der Waals surface area (Å²) in [5.74, 6) is 0.0590. The molecule has 10 heteroatoms. The molecule has 0 aliphatic carbocycles. The number of sulfonamides is 1. The Balaban J connectivity index is 1.60. The summed E-state index contributed by atoms with van der Waals surface area (Å²) >= 11 is 0. The highest BCUT2D eigenvalue weighted by Gasteiger charge is 2.39. The van der Waals surface area contributed by atoms with Crippen molar-refractivity contribution in [1.82, 2.24) is 14.1 Å². The molecule has 0 N–H and O–H groups in total. The summed E-state index contributed by atoms with van der Waals surface area (Å²) in [6, 6.07) is 5.03. The molecule has 0 bridgehead atoms. The van der Waals surface area contributed by atoms with E-state index in [9.17, 15) is 17.6 Å². The molecule has 1 aromatic carbocycles. The topological polar surface area (TPSA) is 79.4 Å². The molecular formula is C18H26FN3O5S. The molecule has 8 nitrogen and oxygen atoms in total. The van der Waals surface area contributed by atoms with Gasteiger partial charge in [0.1, 0.15) is 24.2 Å². The average molecular weight is 415 g/mol. The van der Waals surface area contributed by atoms with Gasteiger partial charge in [-0.15, -0.1) is 0 Å². The summed E-state index contributed by atoms with van der Waals surface area (Å²) in [6.45, 7) is 3.88. The van der Waals surface area contributed by atoms with E-state index in [1.165, 1.54) is 16.4 Å². The standard InChI is InChI=1S/C18H26FN3O5S/c1-28(24,25)22-7-6-20(8-13-27-16-4-2-15(19)3-5-16)14-17(22)18(23)21-9-11-26-12-10-21/h2-5,17H,6-14H2,1H3. The summed E-state index contributed by atoms with van der Waals surface area (Å²) < 4.78 is 49.5. The molecule has 0 spiro atoms. The van der Waals surface area contributed by atoms with Crippen LogP contribution in [-0.4, -0.2) is 99.8 Å². The van der Waals surface area contributed by atoms with Crippen molar-refractivity contribution in [3.63, 3.8) is 0 Å². The van der Waals surface area contributed by atoms with Gasteiger partial charge in [0, 0.05) is 39.3 Å². The van der Waals surface area contributed by atoms with Gasteiger partial charge in [0.05, 0.1) is 19.5 Å². The third kappa shape index (κ3) is 5.40. The molecule has 2 aliphatic rings. The molecule has 3 rings (SSSR count). The summed E-state index contributed by atoms with van der Waals surface area (Å²) in [5, 5.41) is 0. The van der Waals surface area contributed by atoms with Crippen LogP contribution in [0.25, 0.3) is 0 Å². The zero-order chi connectivity index (χ0) is 20.1. The van der Waals surface area contributed by atoms with Crippen molar-refractivity contribution in [3.05, 3.63) is 30.1 Å². The van der Waals surface area contributed by atoms with Crippen LogP contribution >= 0.6 is 0 Å². The maximum Gasteiger partial charge on any atom is 0.242 e. The van der Waals surface area contributed by atoms with Gasteiger partial charge in [-0.2, -0.15) is 4.31 Å². The first kappa shape index (κ1) is 21.0. The average Bonchev–Trinajstić information content (AvgIpc) is 2.69. The molecule has 2 fully saturated rings. The summed E-state index contributed by atoms with van der Waals surface area (Å²) in [7, 11) is -3.49. The number of rotatable bonds is 6. The molecule has 2 aliphatic heterocycles. The first-order valence-corrected chi connectivity index (χ1v) is 11.1. The highest BCUT2D eigenvalue weighted by Crippen LogP contribution is 2.17. The van der Waals surface area contributed by atoms with Gasteiger partial charge in [0.15, 0.2) is 0 Å². The smallest absolute Gasteiger partial charge is 0.242 e.